The van der Waals surface area contributed by atoms with Crippen molar-refractivity contribution in [1.29, 1.82) is 0 Å². The van der Waals surface area contributed by atoms with Crippen molar-refractivity contribution in [2.45, 2.75) is 6.54 Å². The predicted octanol–water partition coefficient (Wildman–Crippen LogP) is 3.44. The van der Waals surface area contributed by atoms with Crippen LogP contribution in [0, 0.1) is 10.1 Å². The monoisotopic (exact) mass is 281 g/mol. The van der Waals surface area contributed by atoms with Crippen molar-refractivity contribution < 1.29 is 9.50 Å². The molecule has 2 aliphatic heterocycles. The van der Waals surface area contributed by atoms with Crippen LogP contribution in [0.1, 0.15) is 11.1 Å². The van der Waals surface area contributed by atoms with Crippen molar-refractivity contribution in [2.24, 2.45) is 0 Å². The summed E-state index contributed by atoms with van der Waals surface area (Å²) in [5.74, 6) is 0.785. The summed E-state index contributed by atoms with van der Waals surface area (Å²) in [5.41, 5.74) is 2.70. The molecule has 1 unspecified atom stereocenters. The van der Waals surface area contributed by atoms with Crippen molar-refractivity contribution in [1.82, 2.24) is 4.65 Å². The molecule has 1 atom stereocenters. The molecule has 0 fully saturated rings. The number of nitroso groups, excluding NO2 is 1. The summed E-state index contributed by atoms with van der Waals surface area (Å²) in [6.07, 6.45) is 1.69. The predicted molar refractivity (Wildman–Crippen MR) is 79.6 cm³/mol. The molecule has 2 heterocycles. The number of quaternary nitrogens is 1. The van der Waals surface area contributed by atoms with E-state index in [0.29, 0.717) is 17.1 Å². The van der Waals surface area contributed by atoms with E-state index in [0.717, 1.165) is 15.9 Å². The number of fused-ring (bicyclic) bond motifs is 4. The molecule has 2 aromatic carbocycles. The Morgan fingerprint density at radius 3 is 2.86 bits per heavy atom. The Morgan fingerprint density at radius 2 is 2.05 bits per heavy atom. The number of methoxy groups -OCH3 is 1. The molecular weight excluding hydrogens is 268 g/mol. The average Bonchev–Trinajstić information content (AvgIpc) is 2.73. The van der Waals surface area contributed by atoms with Gasteiger partial charge in [-0.05, 0) is 11.6 Å². The largest absolute Gasteiger partial charge is 0.617 e. The highest BCUT2D eigenvalue weighted by Gasteiger charge is 2.54. The third-order valence-corrected chi connectivity index (χ3v) is 4.10. The van der Waals surface area contributed by atoms with E-state index in [4.69, 9.17) is 4.74 Å². The molecule has 0 amide bonds. The molecule has 0 N–H and O–H groups in total. The second kappa shape index (κ2) is 4.00. The third-order valence-electron chi connectivity index (χ3n) is 4.10. The van der Waals surface area contributed by atoms with E-state index in [1.807, 2.05) is 24.3 Å². The SMILES string of the molecule is COc1ccc2c(c1)[N+]1([O-])Cc3ccccc3C=C1[N+]2=O. The van der Waals surface area contributed by atoms with E-state index in [-0.39, 0.29) is 12.4 Å². The maximum absolute atomic E-state index is 13.3. The Bertz CT molecular complexity index is 813. The zero-order valence-electron chi connectivity index (χ0n) is 11.4. The number of hydrogen-bond acceptors (Lipinski definition) is 3. The summed E-state index contributed by atoms with van der Waals surface area (Å²) in [5, 5.41) is 13.3. The van der Waals surface area contributed by atoms with E-state index in [9.17, 15) is 10.1 Å². The molecule has 21 heavy (non-hydrogen) atoms. The molecule has 0 aromatic heterocycles. The van der Waals surface area contributed by atoms with Crippen LogP contribution in [0.15, 0.2) is 48.3 Å². The molecule has 0 radical (unpaired) electrons. The minimum absolute atomic E-state index is 0.206. The van der Waals surface area contributed by atoms with E-state index in [1.165, 1.54) is 0 Å². The molecule has 0 saturated carbocycles. The molecule has 5 heteroatoms. The fourth-order valence-electron chi connectivity index (χ4n) is 3.01. The van der Waals surface area contributed by atoms with Crippen LogP contribution < -0.4 is 9.38 Å². The second-order valence-corrected chi connectivity index (χ2v) is 5.25. The Morgan fingerprint density at radius 1 is 1.24 bits per heavy atom. The molecule has 4 rings (SSSR count). The number of ether oxygens (including phenoxy) is 1. The minimum atomic E-state index is -0.757. The number of hydrogen-bond donors (Lipinski definition) is 0. The van der Waals surface area contributed by atoms with Gasteiger partial charge >= 0.3 is 11.5 Å². The quantitative estimate of drug-likeness (QED) is 0.457. The van der Waals surface area contributed by atoms with E-state index in [2.05, 4.69) is 0 Å². The van der Waals surface area contributed by atoms with Crippen LogP contribution in [-0.2, 0) is 6.54 Å². The van der Waals surface area contributed by atoms with Gasteiger partial charge in [-0.2, -0.15) is 0 Å². The highest BCUT2D eigenvalue weighted by molar-refractivity contribution is 5.74. The summed E-state index contributed by atoms with van der Waals surface area (Å²) in [7, 11) is 1.54. The fourth-order valence-corrected chi connectivity index (χ4v) is 3.01. The summed E-state index contributed by atoms with van der Waals surface area (Å²) in [4.78, 5) is 12.4. The Balaban J connectivity index is 1.97. The molecular formula is C16H13N2O3+. The van der Waals surface area contributed by atoms with Crippen molar-refractivity contribution in [3.05, 3.63) is 69.5 Å². The second-order valence-electron chi connectivity index (χ2n) is 5.25. The zero-order chi connectivity index (χ0) is 14.6. The lowest BCUT2D eigenvalue weighted by atomic mass is 10.0. The molecule has 2 aromatic rings. The normalized spacial score (nSPS) is 22.2. The van der Waals surface area contributed by atoms with Crippen LogP contribution in [-0.4, -0.2) is 11.9 Å². The van der Waals surface area contributed by atoms with Gasteiger partial charge in [0.25, 0.3) is 0 Å². The third kappa shape index (κ3) is 1.53. The van der Waals surface area contributed by atoms with Gasteiger partial charge < -0.3 is 9.94 Å². The van der Waals surface area contributed by atoms with Gasteiger partial charge in [-0.25, -0.2) is 4.65 Å². The average molecular weight is 281 g/mol. The number of nitrogens with zero attached hydrogens (tertiary/aromatic N) is 2. The van der Waals surface area contributed by atoms with Crippen molar-refractivity contribution >= 4 is 17.5 Å². The van der Waals surface area contributed by atoms with Gasteiger partial charge in [-0.1, -0.05) is 24.3 Å². The van der Waals surface area contributed by atoms with Crippen molar-refractivity contribution in [2.75, 3.05) is 7.11 Å². The topological polar surface area (TPSA) is 52.4 Å². The van der Waals surface area contributed by atoms with E-state index in [1.54, 1.807) is 31.4 Å². The first-order valence-electron chi connectivity index (χ1n) is 6.68. The first kappa shape index (κ1) is 12.3. The van der Waals surface area contributed by atoms with Crippen LogP contribution in [0.4, 0.5) is 11.4 Å². The van der Waals surface area contributed by atoms with Gasteiger partial charge in [-0.3, -0.25) is 0 Å². The minimum Gasteiger partial charge on any atom is -0.617 e. The summed E-state index contributed by atoms with van der Waals surface area (Å²) in [6, 6.07) is 12.6. The van der Waals surface area contributed by atoms with E-state index < -0.39 is 4.65 Å². The fraction of sp³-hybridized carbons (Fsp3) is 0.125. The maximum atomic E-state index is 13.3. The molecule has 2 aliphatic rings. The summed E-state index contributed by atoms with van der Waals surface area (Å²) >= 11 is 0. The van der Waals surface area contributed by atoms with Gasteiger partial charge in [-0.15, -0.1) is 0 Å². The first-order chi connectivity index (χ1) is 10.1. The maximum Gasteiger partial charge on any atom is 0.429 e. The van der Waals surface area contributed by atoms with Crippen molar-refractivity contribution in [3.63, 3.8) is 0 Å². The summed E-state index contributed by atoms with van der Waals surface area (Å²) in [6.45, 7) is 0.223. The molecule has 104 valence electrons. The van der Waals surface area contributed by atoms with Gasteiger partial charge in [0.1, 0.15) is 17.1 Å². The van der Waals surface area contributed by atoms with Crippen LogP contribution >= 0.6 is 0 Å². The van der Waals surface area contributed by atoms with Crippen LogP contribution in [0.5, 0.6) is 5.75 Å². The van der Waals surface area contributed by atoms with E-state index >= 15 is 0 Å². The summed E-state index contributed by atoms with van der Waals surface area (Å²) < 4.78 is 5.16. The molecule has 0 bridgehead atoms. The zero-order valence-corrected chi connectivity index (χ0v) is 11.4. The smallest absolute Gasteiger partial charge is 0.429 e. The standard InChI is InChI=1S/C16H13N2O3/c1-21-13-6-7-14-15(9-13)18(20)10-12-5-3-2-4-11(12)8-16(18)17(14)19/h2-9H,10H2,1H3/q+1. The highest BCUT2D eigenvalue weighted by atomic mass is 16.6. The Labute approximate surface area is 121 Å². The molecule has 0 saturated heterocycles. The Hall–Kier alpha value is -2.50. The number of rotatable bonds is 1. The van der Waals surface area contributed by atoms with Crippen LogP contribution in [0.25, 0.3) is 6.08 Å². The molecule has 0 spiro atoms. The first-order valence-corrected chi connectivity index (χ1v) is 6.68. The van der Waals surface area contributed by atoms with Gasteiger partial charge in [0.2, 0.25) is 5.69 Å². The highest BCUT2D eigenvalue weighted by Crippen LogP contribution is 2.50. The van der Waals surface area contributed by atoms with Crippen LogP contribution in [0.2, 0.25) is 0 Å². The Kier molecular flexibility index (Phi) is 2.34. The lowest BCUT2D eigenvalue weighted by Gasteiger charge is -2.35. The van der Waals surface area contributed by atoms with Gasteiger partial charge in [0.15, 0.2) is 0 Å². The van der Waals surface area contributed by atoms with Gasteiger partial charge in [0, 0.05) is 22.6 Å². The molecule has 0 aliphatic carbocycles. The number of benzene rings is 2. The van der Waals surface area contributed by atoms with Crippen molar-refractivity contribution in [3.8, 4) is 5.75 Å². The lowest BCUT2D eigenvalue weighted by molar-refractivity contribution is -0.410. The lowest BCUT2D eigenvalue weighted by Crippen LogP contribution is -2.41. The van der Waals surface area contributed by atoms with Gasteiger partial charge in [0.05, 0.1) is 13.2 Å². The number of hydroxylamine groups is 2. The van der Waals surface area contributed by atoms with Crippen LogP contribution in [0.3, 0.4) is 0 Å². The molecule has 5 nitrogen and oxygen atoms in total.